The molecule has 0 amide bonds. The van der Waals surface area contributed by atoms with Crippen LogP contribution in [0, 0.1) is 5.41 Å². The fourth-order valence-corrected chi connectivity index (χ4v) is 2.88. The summed E-state index contributed by atoms with van der Waals surface area (Å²) in [7, 11) is 0. The number of rotatable bonds is 2. The summed E-state index contributed by atoms with van der Waals surface area (Å²) in [6.07, 6.45) is 0. The van der Waals surface area contributed by atoms with Crippen molar-refractivity contribution >= 4 is 45.5 Å². The van der Waals surface area contributed by atoms with E-state index in [-0.39, 0.29) is 23.7 Å². The molecule has 0 saturated heterocycles. The Kier molecular flexibility index (Phi) is 5.26. The average molecular weight is 323 g/mol. The zero-order chi connectivity index (χ0) is 13.4. The monoisotopic (exact) mass is 322 g/mol. The number of thiazole rings is 1. The first kappa shape index (κ1) is 16.9. The molecule has 0 radical (unpaired) electrons. The minimum atomic E-state index is 0. The van der Waals surface area contributed by atoms with Gasteiger partial charge in [-0.2, -0.15) is 0 Å². The fraction of sp³-hybridized carbons (Fsp3) is 0. The zero-order valence-electron chi connectivity index (χ0n) is 11.0. The first-order valence-corrected chi connectivity index (χ1v) is 6.56. The summed E-state index contributed by atoms with van der Waals surface area (Å²) >= 11 is 1.60. The van der Waals surface area contributed by atoms with Gasteiger partial charge in [0.2, 0.25) is 0 Å². The van der Waals surface area contributed by atoms with Gasteiger partial charge >= 0.3 is 0 Å². The lowest BCUT2D eigenvalue weighted by atomic mass is 10.1. The minimum Gasteiger partial charge on any atom is -0.412 e. The van der Waals surface area contributed by atoms with Crippen LogP contribution in [0.1, 0.15) is 5.56 Å². The quantitative estimate of drug-likeness (QED) is 0.381. The Bertz CT molecular complexity index is 770. The van der Waals surface area contributed by atoms with Crippen molar-refractivity contribution in [2.24, 2.45) is 5.73 Å². The van der Waals surface area contributed by atoms with Crippen molar-refractivity contribution in [1.29, 1.82) is 5.41 Å². The van der Waals surface area contributed by atoms with Crippen molar-refractivity contribution in [1.82, 2.24) is 4.98 Å². The molecule has 5 nitrogen and oxygen atoms in total. The van der Waals surface area contributed by atoms with Gasteiger partial charge in [0.15, 0.2) is 0 Å². The summed E-state index contributed by atoms with van der Waals surface area (Å²) in [5.41, 5.74) is 14.6. The highest BCUT2D eigenvalue weighted by Gasteiger charge is 2.07. The van der Waals surface area contributed by atoms with E-state index in [4.69, 9.17) is 16.9 Å². The molecule has 0 fully saturated rings. The summed E-state index contributed by atoms with van der Waals surface area (Å²) < 4.78 is 1.07. The van der Waals surface area contributed by atoms with Gasteiger partial charge in [0.1, 0.15) is 10.8 Å². The number of halogens is 1. The van der Waals surface area contributed by atoms with Crippen LogP contribution in [0.15, 0.2) is 42.5 Å². The van der Waals surface area contributed by atoms with Crippen LogP contribution in [0.25, 0.3) is 20.8 Å². The van der Waals surface area contributed by atoms with Crippen molar-refractivity contribution in [3.05, 3.63) is 48.0 Å². The number of nitrogens with one attached hydrogen (secondary N) is 1. The van der Waals surface area contributed by atoms with Crippen LogP contribution >= 0.6 is 23.7 Å². The third kappa shape index (κ3) is 3.30. The van der Waals surface area contributed by atoms with Crippen molar-refractivity contribution in [3.63, 3.8) is 0 Å². The second-order valence-electron chi connectivity index (χ2n) is 4.24. The first-order valence-electron chi connectivity index (χ1n) is 5.74. The number of fused-ring (bicyclic) bond motifs is 1. The van der Waals surface area contributed by atoms with Crippen LogP contribution in [0.4, 0.5) is 5.69 Å². The maximum Gasteiger partial charge on any atom is 0.124 e. The third-order valence-electron chi connectivity index (χ3n) is 2.86. The molecule has 1 aromatic heterocycles. The molecule has 0 bridgehead atoms. The topological polar surface area (TPSA) is 120 Å². The predicted molar refractivity (Wildman–Crippen MR) is 91.3 cm³/mol. The second kappa shape index (κ2) is 6.53. The van der Waals surface area contributed by atoms with E-state index < -0.39 is 0 Å². The summed E-state index contributed by atoms with van der Waals surface area (Å²) in [5.74, 6) is 0.0728. The number of benzene rings is 2. The molecule has 0 spiro atoms. The molecule has 0 aliphatic carbocycles. The highest BCUT2D eigenvalue weighted by atomic mass is 35.5. The Morgan fingerprint density at radius 3 is 2.38 bits per heavy atom. The van der Waals surface area contributed by atoms with E-state index in [0.717, 1.165) is 26.5 Å². The van der Waals surface area contributed by atoms with Gasteiger partial charge in [0, 0.05) is 16.8 Å². The van der Waals surface area contributed by atoms with Crippen molar-refractivity contribution in [3.8, 4) is 10.6 Å². The van der Waals surface area contributed by atoms with Gasteiger partial charge in [-0.25, -0.2) is 4.98 Å². The van der Waals surface area contributed by atoms with E-state index in [0.29, 0.717) is 5.56 Å². The van der Waals surface area contributed by atoms with E-state index in [1.54, 1.807) is 11.3 Å². The van der Waals surface area contributed by atoms with Gasteiger partial charge < -0.3 is 16.9 Å². The number of nitrogens with zero attached hydrogens (tertiary/aromatic N) is 1. The summed E-state index contributed by atoms with van der Waals surface area (Å²) in [5, 5.41) is 8.31. The summed E-state index contributed by atoms with van der Waals surface area (Å²) in [4.78, 5) is 4.58. The Labute approximate surface area is 131 Å². The molecule has 7 heteroatoms. The molecule has 0 aliphatic heterocycles. The van der Waals surface area contributed by atoms with Crippen LogP contribution in [0.2, 0.25) is 0 Å². The third-order valence-corrected chi connectivity index (χ3v) is 3.92. The van der Waals surface area contributed by atoms with E-state index in [1.165, 1.54) is 0 Å². The molecule has 110 valence electrons. The van der Waals surface area contributed by atoms with Crippen LogP contribution in [0.5, 0.6) is 0 Å². The standard InChI is InChI=1S/C14H12N4S.ClH.H2O/c15-10-5-6-11-12(7-10)19-14(18-11)9-3-1-8(2-4-9)13(16)17;;/h1-7H,15H2,(H3,16,17);1H;1H2. The van der Waals surface area contributed by atoms with Crippen LogP contribution in [0.3, 0.4) is 0 Å². The van der Waals surface area contributed by atoms with E-state index in [2.05, 4.69) is 4.98 Å². The number of anilines is 1. The molecule has 7 N–H and O–H groups in total. The van der Waals surface area contributed by atoms with Gasteiger partial charge in [-0.3, -0.25) is 5.41 Å². The van der Waals surface area contributed by atoms with Crippen LogP contribution in [-0.2, 0) is 0 Å². The second-order valence-corrected chi connectivity index (χ2v) is 5.27. The molecular formula is C14H15ClN4OS. The predicted octanol–water partition coefficient (Wildman–Crippen LogP) is 2.43. The Hall–Kier alpha value is -2.15. The molecule has 3 aromatic rings. The summed E-state index contributed by atoms with van der Waals surface area (Å²) in [6, 6.07) is 13.2. The zero-order valence-corrected chi connectivity index (χ0v) is 12.6. The highest BCUT2D eigenvalue weighted by molar-refractivity contribution is 7.21. The van der Waals surface area contributed by atoms with Gasteiger partial charge in [-0.1, -0.05) is 24.3 Å². The smallest absolute Gasteiger partial charge is 0.124 e. The van der Waals surface area contributed by atoms with E-state index in [9.17, 15) is 0 Å². The SMILES string of the molecule is Cl.N=C(N)c1ccc(-c2nc3ccc(N)cc3s2)cc1.O. The average Bonchev–Trinajstić information content (AvgIpc) is 2.81. The number of hydrogen-bond acceptors (Lipinski definition) is 4. The van der Waals surface area contributed by atoms with Crippen molar-refractivity contribution in [2.45, 2.75) is 0 Å². The Balaban J connectivity index is 0.00000110. The number of hydrogen-bond donors (Lipinski definition) is 3. The fourth-order valence-electron chi connectivity index (χ4n) is 1.86. The van der Waals surface area contributed by atoms with Gasteiger partial charge in [0.05, 0.1) is 10.2 Å². The summed E-state index contributed by atoms with van der Waals surface area (Å²) in [6.45, 7) is 0. The van der Waals surface area contributed by atoms with E-state index in [1.807, 2.05) is 42.5 Å². The van der Waals surface area contributed by atoms with Crippen LogP contribution < -0.4 is 11.5 Å². The molecular weight excluding hydrogens is 308 g/mol. The van der Waals surface area contributed by atoms with Gasteiger partial charge in [-0.15, -0.1) is 23.7 Å². The molecule has 3 rings (SSSR count). The molecule has 1 heterocycles. The van der Waals surface area contributed by atoms with E-state index >= 15 is 0 Å². The molecule has 2 aromatic carbocycles. The Morgan fingerprint density at radius 1 is 1.10 bits per heavy atom. The number of amidine groups is 1. The lowest BCUT2D eigenvalue weighted by Gasteiger charge is -1.99. The highest BCUT2D eigenvalue weighted by Crippen LogP contribution is 2.31. The lowest BCUT2D eigenvalue weighted by molar-refractivity contribution is 0.824. The largest absolute Gasteiger partial charge is 0.412 e. The molecule has 0 atom stereocenters. The van der Waals surface area contributed by atoms with Crippen molar-refractivity contribution < 1.29 is 5.48 Å². The molecule has 21 heavy (non-hydrogen) atoms. The minimum absolute atomic E-state index is 0. The first-order chi connectivity index (χ1) is 9.13. The van der Waals surface area contributed by atoms with Crippen molar-refractivity contribution in [2.75, 3.05) is 5.73 Å². The maximum atomic E-state index is 7.37. The van der Waals surface area contributed by atoms with Gasteiger partial charge in [-0.05, 0) is 18.2 Å². The lowest BCUT2D eigenvalue weighted by Crippen LogP contribution is -2.10. The molecule has 0 unspecified atom stereocenters. The van der Waals surface area contributed by atoms with Gasteiger partial charge in [0.25, 0.3) is 0 Å². The number of nitrogens with two attached hydrogens (primary N) is 2. The number of nitrogen functional groups attached to an aromatic ring is 2. The molecule has 0 aliphatic rings. The Morgan fingerprint density at radius 2 is 1.76 bits per heavy atom. The van der Waals surface area contributed by atoms with Crippen LogP contribution in [-0.4, -0.2) is 16.3 Å². The number of aromatic nitrogens is 1. The maximum absolute atomic E-state index is 7.37. The molecule has 0 saturated carbocycles. The normalized spacial score (nSPS) is 9.71.